The molecule has 0 unspecified atom stereocenters. The van der Waals surface area contributed by atoms with E-state index >= 15 is 0 Å². The molecule has 0 aliphatic heterocycles. The van der Waals surface area contributed by atoms with Gasteiger partial charge in [0, 0.05) is 10.5 Å². The molecule has 0 aliphatic rings. The normalized spacial score (nSPS) is 10.7. The number of rotatable bonds is 5. The summed E-state index contributed by atoms with van der Waals surface area (Å²) in [6, 6.07) is 15.6. The lowest BCUT2D eigenvalue weighted by Gasteiger charge is -2.08. The van der Waals surface area contributed by atoms with E-state index in [1.807, 2.05) is 30.5 Å². The SMILES string of the molecule is CCOC(=O)c1cc(-c2ccc(SC)cc2)n(-c2cccc(F)c2)n1. The van der Waals surface area contributed by atoms with Crippen LogP contribution in [-0.2, 0) is 4.74 Å². The highest BCUT2D eigenvalue weighted by Crippen LogP contribution is 2.27. The Bertz CT molecular complexity index is 891. The van der Waals surface area contributed by atoms with Gasteiger partial charge >= 0.3 is 5.97 Å². The molecule has 0 radical (unpaired) electrons. The van der Waals surface area contributed by atoms with Crippen LogP contribution in [0.1, 0.15) is 17.4 Å². The first-order valence-electron chi connectivity index (χ1n) is 7.80. The van der Waals surface area contributed by atoms with Crippen molar-refractivity contribution < 1.29 is 13.9 Å². The maximum atomic E-state index is 13.6. The Morgan fingerprint density at radius 3 is 2.60 bits per heavy atom. The third kappa shape index (κ3) is 3.74. The molecule has 0 N–H and O–H groups in total. The molecule has 25 heavy (non-hydrogen) atoms. The summed E-state index contributed by atoms with van der Waals surface area (Å²) in [6.45, 7) is 2.01. The summed E-state index contributed by atoms with van der Waals surface area (Å²) in [4.78, 5) is 13.2. The average molecular weight is 356 g/mol. The molecule has 0 saturated carbocycles. The topological polar surface area (TPSA) is 44.1 Å². The van der Waals surface area contributed by atoms with Crippen LogP contribution in [0.15, 0.2) is 59.5 Å². The molecule has 1 aromatic heterocycles. The number of thioether (sulfide) groups is 1. The van der Waals surface area contributed by atoms with E-state index in [0.29, 0.717) is 11.4 Å². The molecule has 6 heteroatoms. The molecule has 3 aromatic rings. The molecule has 0 amide bonds. The summed E-state index contributed by atoms with van der Waals surface area (Å²) >= 11 is 1.65. The molecule has 2 aromatic carbocycles. The predicted octanol–water partition coefficient (Wildman–Crippen LogP) is 4.58. The van der Waals surface area contributed by atoms with Crippen molar-refractivity contribution in [1.82, 2.24) is 9.78 Å². The summed E-state index contributed by atoms with van der Waals surface area (Å²) in [5, 5.41) is 4.33. The number of carbonyl (C=O) groups is 1. The number of benzene rings is 2. The molecule has 0 fully saturated rings. The van der Waals surface area contributed by atoms with Crippen molar-refractivity contribution in [1.29, 1.82) is 0 Å². The summed E-state index contributed by atoms with van der Waals surface area (Å²) in [6.07, 6.45) is 2.00. The maximum Gasteiger partial charge on any atom is 0.358 e. The van der Waals surface area contributed by atoms with Crippen molar-refractivity contribution in [2.45, 2.75) is 11.8 Å². The van der Waals surface area contributed by atoms with Crippen LogP contribution in [0.4, 0.5) is 4.39 Å². The van der Waals surface area contributed by atoms with E-state index in [1.54, 1.807) is 41.6 Å². The van der Waals surface area contributed by atoms with Gasteiger partial charge in [-0.05, 0) is 49.6 Å². The highest BCUT2D eigenvalue weighted by atomic mass is 32.2. The van der Waals surface area contributed by atoms with Crippen LogP contribution in [0.3, 0.4) is 0 Å². The van der Waals surface area contributed by atoms with Crippen LogP contribution in [-0.4, -0.2) is 28.6 Å². The first-order chi connectivity index (χ1) is 12.1. The van der Waals surface area contributed by atoms with Crippen LogP contribution in [0.25, 0.3) is 16.9 Å². The van der Waals surface area contributed by atoms with Gasteiger partial charge in [-0.3, -0.25) is 0 Å². The van der Waals surface area contributed by atoms with E-state index < -0.39 is 5.97 Å². The van der Waals surface area contributed by atoms with Gasteiger partial charge in [0.15, 0.2) is 5.69 Å². The highest BCUT2D eigenvalue weighted by Gasteiger charge is 2.18. The lowest BCUT2D eigenvalue weighted by Crippen LogP contribution is -2.07. The van der Waals surface area contributed by atoms with Crippen molar-refractivity contribution in [3.8, 4) is 16.9 Å². The molecule has 0 spiro atoms. The minimum Gasteiger partial charge on any atom is -0.461 e. The van der Waals surface area contributed by atoms with Gasteiger partial charge in [-0.15, -0.1) is 11.8 Å². The number of hydrogen-bond acceptors (Lipinski definition) is 4. The first kappa shape index (κ1) is 17.2. The Kier molecular flexibility index (Phi) is 5.19. The number of aromatic nitrogens is 2. The fourth-order valence-electron chi connectivity index (χ4n) is 2.46. The van der Waals surface area contributed by atoms with E-state index in [-0.39, 0.29) is 18.1 Å². The van der Waals surface area contributed by atoms with Crippen molar-refractivity contribution in [3.63, 3.8) is 0 Å². The second kappa shape index (κ2) is 7.53. The van der Waals surface area contributed by atoms with Gasteiger partial charge in [-0.1, -0.05) is 18.2 Å². The van der Waals surface area contributed by atoms with E-state index in [2.05, 4.69) is 5.10 Å². The second-order valence-corrected chi connectivity index (χ2v) is 6.14. The number of esters is 1. The number of halogens is 1. The van der Waals surface area contributed by atoms with Crippen LogP contribution in [0.5, 0.6) is 0 Å². The monoisotopic (exact) mass is 356 g/mol. The fourth-order valence-corrected chi connectivity index (χ4v) is 2.87. The van der Waals surface area contributed by atoms with Gasteiger partial charge < -0.3 is 4.74 Å². The Hall–Kier alpha value is -2.60. The highest BCUT2D eigenvalue weighted by molar-refractivity contribution is 7.98. The van der Waals surface area contributed by atoms with E-state index in [0.717, 1.165) is 10.5 Å². The first-order valence-corrected chi connectivity index (χ1v) is 9.02. The molecule has 128 valence electrons. The molecule has 4 nitrogen and oxygen atoms in total. The largest absolute Gasteiger partial charge is 0.461 e. The van der Waals surface area contributed by atoms with Crippen molar-refractivity contribution in [3.05, 3.63) is 66.1 Å². The van der Waals surface area contributed by atoms with Gasteiger partial charge in [-0.25, -0.2) is 13.9 Å². The Morgan fingerprint density at radius 1 is 1.20 bits per heavy atom. The number of nitrogens with zero attached hydrogens (tertiary/aromatic N) is 2. The Labute approximate surface area is 149 Å². The molecular formula is C19H17FN2O2S. The zero-order valence-corrected chi connectivity index (χ0v) is 14.7. The fraction of sp³-hybridized carbons (Fsp3) is 0.158. The molecular weight excluding hydrogens is 339 g/mol. The third-order valence-corrected chi connectivity index (χ3v) is 4.38. The molecule has 0 aliphatic carbocycles. The number of carbonyl (C=O) groups excluding carboxylic acids is 1. The lowest BCUT2D eigenvalue weighted by atomic mass is 10.1. The van der Waals surface area contributed by atoms with Crippen LogP contribution >= 0.6 is 11.8 Å². The molecule has 3 rings (SSSR count). The minimum atomic E-state index is -0.500. The third-order valence-electron chi connectivity index (χ3n) is 3.63. The molecule has 0 bridgehead atoms. The van der Waals surface area contributed by atoms with Gasteiger partial charge in [0.25, 0.3) is 0 Å². The summed E-state index contributed by atoms with van der Waals surface area (Å²) < 4.78 is 20.2. The summed E-state index contributed by atoms with van der Waals surface area (Å²) in [7, 11) is 0. The van der Waals surface area contributed by atoms with E-state index in [4.69, 9.17) is 4.74 Å². The van der Waals surface area contributed by atoms with Crippen LogP contribution in [0.2, 0.25) is 0 Å². The minimum absolute atomic E-state index is 0.190. The van der Waals surface area contributed by atoms with Crippen LogP contribution < -0.4 is 0 Å². The van der Waals surface area contributed by atoms with Crippen LogP contribution in [0, 0.1) is 5.82 Å². The molecule has 1 heterocycles. The average Bonchev–Trinajstić information content (AvgIpc) is 3.07. The van der Waals surface area contributed by atoms with Gasteiger partial charge in [0.1, 0.15) is 5.82 Å². The molecule has 0 saturated heterocycles. The Balaban J connectivity index is 2.12. The van der Waals surface area contributed by atoms with Gasteiger partial charge in [-0.2, -0.15) is 5.10 Å². The predicted molar refractivity (Wildman–Crippen MR) is 96.7 cm³/mol. The second-order valence-electron chi connectivity index (χ2n) is 5.26. The quantitative estimate of drug-likeness (QED) is 0.496. The summed E-state index contributed by atoms with van der Waals surface area (Å²) in [5.74, 6) is -0.867. The van der Waals surface area contributed by atoms with Crippen molar-refractivity contribution in [2.75, 3.05) is 12.9 Å². The van der Waals surface area contributed by atoms with Gasteiger partial charge in [0.2, 0.25) is 0 Å². The number of ether oxygens (including phenoxy) is 1. The summed E-state index contributed by atoms with van der Waals surface area (Å²) in [5.41, 5.74) is 2.31. The zero-order valence-electron chi connectivity index (χ0n) is 13.9. The number of hydrogen-bond donors (Lipinski definition) is 0. The van der Waals surface area contributed by atoms with Gasteiger partial charge in [0.05, 0.1) is 18.0 Å². The van der Waals surface area contributed by atoms with E-state index in [1.165, 1.54) is 12.1 Å². The Morgan fingerprint density at radius 2 is 1.96 bits per heavy atom. The molecule has 0 atom stereocenters. The van der Waals surface area contributed by atoms with Crippen molar-refractivity contribution in [2.24, 2.45) is 0 Å². The van der Waals surface area contributed by atoms with Crippen molar-refractivity contribution >= 4 is 17.7 Å². The zero-order chi connectivity index (χ0) is 17.8. The standard InChI is InChI=1S/C19H17FN2O2S/c1-3-24-19(23)17-12-18(13-7-9-16(25-2)10-8-13)22(21-17)15-6-4-5-14(20)11-15/h4-12H,3H2,1-2H3. The maximum absolute atomic E-state index is 13.6. The lowest BCUT2D eigenvalue weighted by molar-refractivity contribution is 0.0519. The van der Waals surface area contributed by atoms with E-state index in [9.17, 15) is 9.18 Å². The smallest absolute Gasteiger partial charge is 0.358 e.